The zero-order chi connectivity index (χ0) is 13.0. The van der Waals surface area contributed by atoms with Gasteiger partial charge in [-0.05, 0) is 31.2 Å². The predicted octanol–water partition coefficient (Wildman–Crippen LogP) is 2.99. The standard InChI is InChI=1S/C7H8O.C6H5N3O.CH4.3FH/c1-6-2-4-7(8)5-3-6;10-9-6-4-2-1-3-5(6)7-8-9;;;;/h2-5,8H,1H3;1-4,8H;1H4;3*1H. The minimum Gasteiger partial charge on any atom is -0.692 e. The molecule has 3 rings (SSSR count). The Morgan fingerprint density at radius 3 is 2.05 bits per heavy atom. The van der Waals surface area contributed by atoms with Gasteiger partial charge in [-0.15, -0.1) is 0 Å². The van der Waals surface area contributed by atoms with E-state index in [-0.39, 0.29) is 21.5 Å². The van der Waals surface area contributed by atoms with Crippen molar-refractivity contribution in [2.24, 2.45) is 0 Å². The highest BCUT2D eigenvalue weighted by molar-refractivity contribution is 5.69. The van der Waals surface area contributed by atoms with Crippen LogP contribution in [-0.2, 0) is 0 Å². The van der Waals surface area contributed by atoms with Crippen LogP contribution in [0, 0.1) is 12.1 Å². The number of phenols is 1. The lowest BCUT2D eigenvalue weighted by Gasteiger charge is -1.90. The van der Waals surface area contributed by atoms with E-state index in [1.54, 1.807) is 30.3 Å². The van der Waals surface area contributed by atoms with E-state index in [1.165, 1.54) is 5.56 Å². The van der Waals surface area contributed by atoms with E-state index in [4.69, 9.17) is 5.11 Å². The molecule has 0 saturated carbocycles. The van der Waals surface area contributed by atoms with Gasteiger partial charge in [0.25, 0.3) is 0 Å². The Labute approximate surface area is 125 Å². The van der Waals surface area contributed by atoms with Gasteiger partial charge in [0.15, 0.2) is 0 Å². The number of aromatic nitrogens is 3. The number of para-hydroxylation sites is 2. The van der Waals surface area contributed by atoms with Crippen LogP contribution in [0.2, 0.25) is 0 Å². The lowest BCUT2D eigenvalue weighted by Crippen LogP contribution is -2.27. The number of halogens is 3. The fourth-order valence-electron chi connectivity index (χ4n) is 1.43. The summed E-state index contributed by atoms with van der Waals surface area (Å²) < 4.78 is 0. The molecule has 0 bridgehead atoms. The van der Waals surface area contributed by atoms with Crippen molar-refractivity contribution in [3.8, 4) is 5.75 Å². The number of benzene rings is 2. The van der Waals surface area contributed by atoms with E-state index in [1.807, 2.05) is 25.1 Å². The number of aryl methyl sites for hydroxylation is 1. The molecule has 0 atom stereocenters. The number of hydrogen-bond acceptors (Lipinski definition) is 3. The number of hydrogen-bond donors (Lipinski definition) is 2. The van der Waals surface area contributed by atoms with E-state index >= 15 is 0 Å². The van der Waals surface area contributed by atoms with Crippen molar-refractivity contribution in [2.45, 2.75) is 14.4 Å². The second-order valence-corrected chi connectivity index (χ2v) is 3.83. The molecule has 0 radical (unpaired) electrons. The van der Waals surface area contributed by atoms with Crippen molar-refractivity contribution in [3.05, 3.63) is 59.3 Å². The van der Waals surface area contributed by atoms with Crippen molar-refractivity contribution in [1.82, 2.24) is 10.3 Å². The number of H-pyrrole nitrogens is 1. The number of aromatic amines is 1. The average Bonchev–Trinajstić information content (AvgIpc) is 2.76. The van der Waals surface area contributed by atoms with Gasteiger partial charge < -0.3 is 10.3 Å². The zero-order valence-electron chi connectivity index (χ0n) is 11.1. The van der Waals surface area contributed by atoms with Gasteiger partial charge in [-0.3, -0.25) is 14.1 Å². The molecule has 22 heavy (non-hydrogen) atoms. The summed E-state index contributed by atoms with van der Waals surface area (Å²) in [7, 11) is 0. The van der Waals surface area contributed by atoms with Crippen LogP contribution < -0.4 is 4.85 Å². The first-order chi connectivity index (χ1) is 8.66. The Morgan fingerprint density at radius 2 is 1.55 bits per heavy atom. The van der Waals surface area contributed by atoms with Crippen LogP contribution in [-0.4, -0.2) is 15.4 Å². The van der Waals surface area contributed by atoms with Crippen LogP contribution in [0.1, 0.15) is 13.0 Å². The fourth-order valence-corrected chi connectivity index (χ4v) is 1.43. The number of nitrogens with one attached hydrogen (secondary N) is 1. The molecule has 3 aromatic rings. The summed E-state index contributed by atoms with van der Waals surface area (Å²) in [6.45, 7) is 1.99. The van der Waals surface area contributed by atoms with Crippen molar-refractivity contribution >= 4 is 11.0 Å². The van der Waals surface area contributed by atoms with Crippen LogP contribution in [0.5, 0.6) is 5.75 Å². The van der Waals surface area contributed by atoms with Crippen LogP contribution in [0.25, 0.3) is 11.0 Å². The SMILES string of the molecule is C.Cc1ccc(O)cc1.F.F.F.[O-][n+]1[nH]nc2ccccc21. The summed E-state index contributed by atoms with van der Waals surface area (Å²) in [5.41, 5.74) is 2.43. The Bertz CT molecular complexity index is 624. The molecule has 0 amide bonds. The van der Waals surface area contributed by atoms with Crippen LogP contribution in [0.4, 0.5) is 14.1 Å². The number of fused-ring (bicyclic) bond motifs is 1. The van der Waals surface area contributed by atoms with Crippen LogP contribution >= 0.6 is 0 Å². The van der Waals surface area contributed by atoms with Gasteiger partial charge in [0, 0.05) is 5.10 Å². The first-order valence-corrected chi connectivity index (χ1v) is 5.45. The smallest absolute Gasteiger partial charge is 0.249 e. The Morgan fingerprint density at radius 1 is 1.00 bits per heavy atom. The zero-order valence-corrected chi connectivity index (χ0v) is 11.1. The molecule has 2 aromatic carbocycles. The third-order valence-corrected chi connectivity index (χ3v) is 2.40. The molecule has 0 spiro atoms. The van der Waals surface area contributed by atoms with Crippen molar-refractivity contribution < 1.29 is 24.1 Å². The van der Waals surface area contributed by atoms with E-state index in [0.29, 0.717) is 21.6 Å². The predicted molar refractivity (Wildman–Crippen MR) is 82.1 cm³/mol. The molecule has 0 unspecified atom stereocenters. The first kappa shape index (κ1) is 24.3. The first-order valence-electron chi connectivity index (χ1n) is 5.45. The molecule has 5 nitrogen and oxygen atoms in total. The molecule has 2 N–H and O–H groups in total. The number of rotatable bonds is 0. The van der Waals surface area contributed by atoms with Crippen molar-refractivity contribution in [2.75, 3.05) is 0 Å². The monoisotopic (exact) mass is 319 g/mol. The summed E-state index contributed by atoms with van der Waals surface area (Å²) >= 11 is 0. The maximum absolute atomic E-state index is 10.8. The quantitative estimate of drug-likeness (QED) is 0.494. The van der Waals surface area contributed by atoms with Gasteiger partial charge in [0.1, 0.15) is 5.75 Å². The maximum atomic E-state index is 10.8. The van der Waals surface area contributed by atoms with E-state index < -0.39 is 0 Å². The second kappa shape index (κ2) is 11.0. The Hall–Kier alpha value is -2.77. The number of aromatic hydroxyl groups is 1. The van der Waals surface area contributed by atoms with Gasteiger partial charge >= 0.3 is 0 Å². The highest BCUT2D eigenvalue weighted by atomic mass is 19.0. The largest absolute Gasteiger partial charge is 0.692 e. The second-order valence-electron chi connectivity index (χ2n) is 3.83. The van der Waals surface area contributed by atoms with Gasteiger partial charge in [-0.25, -0.2) is 0 Å². The topological polar surface area (TPSA) is 75.8 Å². The average molecular weight is 319 g/mol. The van der Waals surface area contributed by atoms with Crippen LogP contribution in [0.15, 0.2) is 48.5 Å². The van der Waals surface area contributed by atoms with E-state index in [0.717, 1.165) is 0 Å². The number of phenolic OH excluding ortho intramolecular Hbond substituents is 1. The molecule has 0 aliphatic carbocycles. The number of nitrogens with zero attached hydrogens (tertiary/aromatic N) is 2. The Kier molecular flexibility index (Phi) is 12.1. The van der Waals surface area contributed by atoms with Gasteiger partial charge in [-0.2, -0.15) is 4.85 Å². The van der Waals surface area contributed by atoms with E-state index in [2.05, 4.69) is 10.3 Å². The van der Waals surface area contributed by atoms with Gasteiger partial charge in [0.05, 0.1) is 0 Å². The molecule has 0 saturated heterocycles. The molecular formula is C14H20F3N3O2. The van der Waals surface area contributed by atoms with Crippen molar-refractivity contribution in [1.29, 1.82) is 0 Å². The maximum Gasteiger partial charge on any atom is 0.249 e. The molecule has 8 heteroatoms. The van der Waals surface area contributed by atoms with Gasteiger partial charge in [0.2, 0.25) is 11.0 Å². The minimum atomic E-state index is 0. The van der Waals surface area contributed by atoms with E-state index in [9.17, 15) is 5.21 Å². The molecule has 1 aromatic heterocycles. The summed E-state index contributed by atoms with van der Waals surface area (Å²) in [4.78, 5) is 0.634. The van der Waals surface area contributed by atoms with Crippen molar-refractivity contribution in [3.63, 3.8) is 0 Å². The summed E-state index contributed by atoms with van der Waals surface area (Å²) in [6, 6.07) is 14.2. The Balaban J connectivity index is -0.000000283. The lowest BCUT2D eigenvalue weighted by atomic mass is 10.2. The molecule has 0 aliphatic heterocycles. The normalized spacial score (nSPS) is 8.05. The highest BCUT2D eigenvalue weighted by Crippen LogP contribution is 2.07. The highest BCUT2D eigenvalue weighted by Gasteiger charge is 2.03. The molecular weight excluding hydrogens is 299 g/mol. The third-order valence-electron chi connectivity index (χ3n) is 2.40. The summed E-state index contributed by atoms with van der Waals surface area (Å²) in [6.07, 6.45) is 0. The lowest BCUT2D eigenvalue weighted by molar-refractivity contribution is -0.644. The molecule has 0 fully saturated rings. The summed E-state index contributed by atoms with van der Waals surface area (Å²) in [5, 5.41) is 25.6. The third kappa shape index (κ3) is 6.12. The minimum absolute atomic E-state index is 0. The fraction of sp³-hybridized carbons (Fsp3) is 0.143. The molecule has 0 aliphatic rings. The molecule has 124 valence electrons. The molecule has 1 heterocycles. The van der Waals surface area contributed by atoms with Gasteiger partial charge in [-0.1, -0.05) is 42.5 Å². The van der Waals surface area contributed by atoms with Crippen LogP contribution in [0.3, 0.4) is 0 Å². The summed E-state index contributed by atoms with van der Waals surface area (Å²) in [5.74, 6) is 0.329.